The molecule has 1 aromatic heterocycles. The van der Waals surface area contributed by atoms with E-state index in [4.69, 9.17) is 5.84 Å². The van der Waals surface area contributed by atoms with E-state index in [2.05, 4.69) is 0 Å². The van der Waals surface area contributed by atoms with E-state index in [1.807, 2.05) is 5.38 Å². The molecule has 2 rings (SSSR count). The van der Waals surface area contributed by atoms with Gasteiger partial charge in [0.15, 0.2) is 5.78 Å². The molecular formula is C14H17N3O4S2. The Morgan fingerprint density at radius 1 is 1.43 bits per heavy atom. The lowest BCUT2D eigenvalue weighted by atomic mass is 10.1. The number of nitrogens with zero attached hydrogens (tertiary/aromatic N) is 2. The monoisotopic (exact) mass is 355 g/mol. The van der Waals surface area contributed by atoms with E-state index in [1.54, 1.807) is 36.2 Å². The molecule has 23 heavy (non-hydrogen) atoms. The van der Waals surface area contributed by atoms with Crippen molar-refractivity contribution in [3.63, 3.8) is 0 Å². The molecule has 9 heteroatoms. The number of thiophene rings is 1. The van der Waals surface area contributed by atoms with Gasteiger partial charge in [0.1, 0.15) is 0 Å². The van der Waals surface area contributed by atoms with Gasteiger partial charge in [0.05, 0.1) is 17.7 Å². The summed E-state index contributed by atoms with van der Waals surface area (Å²) in [6.45, 7) is 1.73. The van der Waals surface area contributed by atoms with Crippen LogP contribution in [0, 0.1) is 0 Å². The highest BCUT2D eigenvalue weighted by Gasteiger charge is 2.27. The Hall–Kier alpha value is -1.97. The number of carbonyl (C=O) groups excluding carboxylic acids is 2. The van der Waals surface area contributed by atoms with E-state index < -0.39 is 15.9 Å². The molecule has 1 aliphatic rings. The Labute approximate surface area is 138 Å². The standard InChI is InChI=1S/C14H17N3O4S2/c1-10-11(14(19)17(15)23(2,20)21)5-3-7-16(10)9-12(18)13-6-4-8-22-13/h3-4,6-8H,5,9,15H2,1-2H3. The SMILES string of the molecule is CC1=C(C(=O)N(N)S(C)(=O)=O)CC=CN1CC(=O)c1cccs1. The summed E-state index contributed by atoms with van der Waals surface area (Å²) in [7, 11) is -3.83. The minimum atomic E-state index is -3.83. The topological polar surface area (TPSA) is 101 Å². The van der Waals surface area contributed by atoms with Gasteiger partial charge in [-0.3, -0.25) is 9.59 Å². The Morgan fingerprint density at radius 2 is 2.13 bits per heavy atom. The highest BCUT2D eigenvalue weighted by molar-refractivity contribution is 7.88. The van der Waals surface area contributed by atoms with Crippen molar-refractivity contribution in [1.29, 1.82) is 0 Å². The van der Waals surface area contributed by atoms with Crippen LogP contribution < -0.4 is 5.84 Å². The van der Waals surface area contributed by atoms with Crippen LogP contribution in [0.2, 0.25) is 0 Å². The molecule has 0 aromatic carbocycles. The van der Waals surface area contributed by atoms with E-state index in [1.165, 1.54) is 11.3 Å². The van der Waals surface area contributed by atoms with Gasteiger partial charge >= 0.3 is 0 Å². The number of hydrogen-bond acceptors (Lipinski definition) is 7. The molecule has 0 radical (unpaired) electrons. The van der Waals surface area contributed by atoms with Crippen LogP contribution in [0.3, 0.4) is 0 Å². The Kier molecular flexibility index (Phi) is 5.03. The van der Waals surface area contributed by atoms with Crippen LogP contribution in [0.25, 0.3) is 0 Å². The second-order valence-electron chi connectivity index (χ2n) is 5.05. The molecule has 0 unspecified atom stereocenters. The summed E-state index contributed by atoms with van der Waals surface area (Å²) in [6.07, 6.45) is 4.52. The van der Waals surface area contributed by atoms with E-state index in [9.17, 15) is 18.0 Å². The summed E-state index contributed by atoms with van der Waals surface area (Å²) in [5.41, 5.74) is 0.765. The average Bonchev–Trinajstić information content (AvgIpc) is 3.01. The van der Waals surface area contributed by atoms with Crippen molar-refractivity contribution in [3.05, 3.63) is 45.9 Å². The first-order chi connectivity index (χ1) is 10.7. The number of sulfonamides is 1. The Balaban J connectivity index is 2.21. The quantitative estimate of drug-likeness (QED) is 0.367. The maximum atomic E-state index is 12.2. The van der Waals surface area contributed by atoms with Gasteiger partial charge in [0.2, 0.25) is 10.0 Å². The maximum absolute atomic E-state index is 12.2. The van der Waals surface area contributed by atoms with Gasteiger partial charge in [-0.15, -0.1) is 11.3 Å². The largest absolute Gasteiger partial charge is 0.344 e. The average molecular weight is 355 g/mol. The lowest BCUT2D eigenvalue weighted by Crippen LogP contribution is -2.43. The van der Waals surface area contributed by atoms with Gasteiger partial charge in [-0.1, -0.05) is 12.1 Å². The van der Waals surface area contributed by atoms with Crippen molar-refractivity contribution >= 4 is 33.1 Å². The van der Waals surface area contributed by atoms with Gasteiger partial charge in [-0.05, 0) is 24.8 Å². The number of hydrazine groups is 1. The molecule has 0 saturated heterocycles. The Morgan fingerprint density at radius 3 is 2.70 bits per heavy atom. The zero-order valence-electron chi connectivity index (χ0n) is 12.7. The smallest absolute Gasteiger partial charge is 0.279 e. The highest BCUT2D eigenvalue weighted by atomic mass is 32.2. The summed E-state index contributed by atoms with van der Waals surface area (Å²) in [5, 5.41) is 1.81. The molecule has 1 amide bonds. The summed E-state index contributed by atoms with van der Waals surface area (Å²) in [5.74, 6) is 4.50. The molecule has 0 fully saturated rings. The normalized spacial score (nSPS) is 15.0. The van der Waals surface area contributed by atoms with Crippen molar-refractivity contribution in [2.45, 2.75) is 13.3 Å². The third-order valence-corrected chi connectivity index (χ3v) is 5.19. The number of hydrogen-bond donors (Lipinski definition) is 1. The zero-order valence-corrected chi connectivity index (χ0v) is 14.4. The van der Waals surface area contributed by atoms with Crippen LogP contribution in [0.5, 0.6) is 0 Å². The molecule has 7 nitrogen and oxygen atoms in total. The molecule has 2 heterocycles. The molecule has 124 valence electrons. The Bertz CT molecular complexity index is 779. The molecule has 0 saturated carbocycles. The first kappa shape index (κ1) is 17.4. The minimum absolute atomic E-state index is 0.0725. The highest BCUT2D eigenvalue weighted by Crippen LogP contribution is 2.23. The summed E-state index contributed by atoms with van der Waals surface area (Å²) < 4.78 is 23.0. The first-order valence-electron chi connectivity index (χ1n) is 6.71. The van der Waals surface area contributed by atoms with Crippen molar-refractivity contribution in [3.8, 4) is 0 Å². The number of amides is 1. The fourth-order valence-electron chi connectivity index (χ4n) is 2.10. The van der Waals surface area contributed by atoms with E-state index in [0.29, 0.717) is 10.6 Å². The lowest BCUT2D eigenvalue weighted by molar-refractivity contribution is -0.123. The molecule has 0 aliphatic carbocycles. The van der Waals surface area contributed by atoms with Gasteiger partial charge in [0.25, 0.3) is 5.91 Å². The molecule has 2 N–H and O–H groups in total. The zero-order chi connectivity index (χ0) is 17.2. The number of ketones is 1. The van der Waals surface area contributed by atoms with Crippen LogP contribution in [0.4, 0.5) is 0 Å². The van der Waals surface area contributed by atoms with Crippen molar-refractivity contribution in [1.82, 2.24) is 9.31 Å². The van der Waals surface area contributed by atoms with Crippen molar-refractivity contribution in [2.24, 2.45) is 5.84 Å². The number of allylic oxidation sites excluding steroid dienone is 2. The van der Waals surface area contributed by atoms with Crippen molar-refractivity contribution in [2.75, 3.05) is 12.8 Å². The lowest BCUT2D eigenvalue weighted by Gasteiger charge is -2.27. The van der Waals surface area contributed by atoms with Gasteiger partial charge in [0, 0.05) is 17.5 Å². The third-order valence-electron chi connectivity index (χ3n) is 3.40. The second kappa shape index (κ2) is 6.65. The fraction of sp³-hybridized carbons (Fsp3) is 0.286. The van der Waals surface area contributed by atoms with Gasteiger partial charge in [-0.2, -0.15) is 4.41 Å². The van der Waals surface area contributed by atoms with E-state index >= 15 is 0 Å². The predicted octanol–water partition coefficient (Wildman–Crippen LogP) is 1.09. The number of Topliss-reactive ketones (excluding diaryl/α,β-unsaturated/α-hetero) is 1. The third kappa shape index (κ3) is 3.87. The van der Waals surface area contributed by atoms with Crippen LogP contribution in [-0.4, -0.2) is 42.2 Å². The molecular weight excluding hydrogens is 338 g/mol. The van der Waals surface area contributed by atoms with E-state index in [-0.39, 0.29) is 28.7 Å². The minimum Gasteiger partial charge on any atom is -0.344 e. The molecule has 0 spiro atoms. The van der Waals surface area contributed by atoms with E-state index in [0.717, 1.165) is 6.26 Å². The molecule has 1 aliphatic heterocycles. The number of carbonyl (C=O) groups is 2. The van der Waals surface area contributed by atoms with Gasteiger partial charge < -0.3 is 4.90 Å². The van der Waals surface area contributed by atoms with Crippen LogP contribution in [0.15, 0.2) is 41.1 Å². The molecule has 0 bridgehead atoms. The second-order valence-corrected chi connectivity index (χ2v) is 7.85. The molecule has 1 aromatic rings. The number of nitrogens with two attached hydrogens (primary N) is 1. The van der Waals surface area contributed by atoms with Gasteiger partial charge in [-0.25, -0.2) is 14.3 Å². The number of rotatable bonds is 5. The van der Waals surface area contributed by atoms with Crippen LogP contribution in [-0.2, 0) is 14.8 Å². The van der Waals surface area contributed by atoms with Crippen LogP contribution >= 0.6 is 11.3 Å². The van der Waals surface area contributed by atoms with Crippen LogP contribution in [0.1, 0.15) is 23.0 Å². The van der Waals surface area contributed by atoms with Crippen molar-refractivity contribution < 1.29 is 18.0 Å². The summed E-state index contributed by atoms with van der Waals surface area (Å²) in [4.78, 5) is 26.7. The maximum Gasteiger partial charge on any atom is 0.279 e. The molecule has 0 atom stereocenters. The summed E-state index contributed by atoms with van der Waals surface area (Å²) >= 11 is 1.35. The summed E-state index contributed by atoms with van der Waals surface area (Å²) in [6, 6.07) is 3.52. The fourth-order valence-corrected chi connectivity index (χ4v) is 3.17. The first-order valence-corrected chi connectivity index (χ1v) is 9.43. The predicted molar refractivity (Wildman–Crippen MR) is 87.7 cm³/mol.